The zero-order valence-electron chi connectivity index (χ0n) is 11.8. The lowest BCUT2D eigenvalue weighted by Crippen LogP contribution is -2.35. The molecular weight excluding hydrogens is 273 g/mol. The average molecular weight is 291 g/mol. The Hall–Kier alpha value is -2.21. The van der Waals surface area contributed by atoms with Crippen molar-refractivity contribution >= 4 is 5.91 Å². The van der Waals surface area contributed by atoms with Crippen molar-refractivity contribution in [2.75, 3.05) is 6.61 Å². The number of aromatic nitrogens is 2. The number of amides is 1. The summed E-state index contributed by atoms with van der Waals surface area (Å²) in [5, 5.41) is 18.3. The maximum Gasteiger partial charge on any atom is 0.255 e. The monoisotopic (exact) mass is 291 g/mol. The van der Waals surface area contributed by atoms with E-state index >= 15 is 0 Å². The molecule has 0 aliphatic carbocycles. The number of nitrogens with one attached hydrogen (secondary N) is 2. The summed E-state index contributed by atoms with van der Waals surface area (Å²) < 4.78 is 13.8. The molecule has 0 bridgehead atoms. The van der Waals surface area contributed by atoms with E-state index in [0.717, 1.165) is 0 Å². The predicted molar refractivity (Wildman–Crippen MR) is 77.2 cm³/mol. The van der Waals surface area contributed by atoms with Crippen LogP contribution in [0.15, 0.2) is 30.5 Å². The minimum Gasteiger partial charge on any atom is -0.396 e. The molecule has 1 atom stereocenters. The van der Waals surface area contributed by atoms with Crippen molar-refractivity contribution in [3.63, 3.8) is 0 Å². The van der Waals surface area contributed by atoms with Crippen molar-refractivity contribution in [2.45, 2.75) is 25.8 Å². The molecule has 6 heteroatoms. The molecule has 21 heavy (non-hydrogen) atoms. The molecule has 3 N–H and O–H groups in total. The molecule has 1 heterocycles. The minimum absolute atomic E-state index is 0.00431. The van der Waals surface area contributed by atoms with Crippen molar-refractivity contribution in [3.8, 4) is 11.3 Å². The molecule has 1 unspecified atom stereocenters. The van der Waals surface area contributed by atoms with Gasteiger partial charge in [0.2, 0.25) is 0 Å². The normalized spacial score (nSPS) is 12.1. The van der Waals surface area contributed by atoms with Crippen LogP contribution in [0.5, 0.6) is 0 Å². The molecule has 112 valence electrons. The fraction of sp³-hybridized carbons (Fsp3) is 0.333. The van der Waals surface area contributed by atoms with Crippen LogP contribution in [0.2, 0.25) is 0 Å². The first-order valence-corrected chi connectivity index (χ1v) is 6.87. The molecular formula is C15H18FN3O2. The molecule has 0 fully saturated rings. The van der Waals surface area contributed by atoms with Gasteiger partial charge in [0.05, 0.1) is 17.5 Å². The number of aliphatic hydroxyl groups excluding tert-OH is 1. The maximum atomic E-state index is 13.8. The Bertz CT molecular complexity index is 612. The van der Waals surface area contributed by atoms with E-state index < -0.39 is 5.82 Å². The molecule has 0 aliphatic rings. The van der Waals surface area contributed by atoms with Crippen LogP contribution in [0.4, 0.5) is 4.39 Å². The highest BCUT2D eigenvalue weighted by atomic mass is 19.1. The summed E-state index contributed by atoms with van der Waals surface area (Å²) in [5.41, 5.74) is 0.941. The summed E-state index contributed by atoms with van der Waals surface area (Å²) >= 11 is 0. The summed E-state index contributed by atoms with van der Waals surface area (Å²) in [7, 11) is 0. The molecule has 0 aliphatic heterocycles. The molecule has 2 aromatic rings. The zero-order valence-corrected chi connectivity index (χ0v) is 11.8. The number of carbonyl (C=O) groups excluding carboxylic acids is 1. The number of H-pyrrole nitrogens is 1. The van der Waals surface area contributed by atoms with Gasteiger partial charge in [-0.2, -0.15) is 5.10 Å². The maximum absolute atomic E-state index is 13.8. The van der Waals surface area contributed by atoms with Crippen LogP contribution >= 0.6 is 0 Å². The predicted octanol–water partition coefficient (Wildman–Crippen LogP) is 2.11. The molecule has 0 saturated heterocycles. The number of benzene rings is 1. The number of nitrogens with zero attached hydrogens (tertiary/aromatic N) is 1. The molecule has 0 saturated carbocycles. The van der Waals surface area contributed by atoms with Crippen molar-refractivity contribution in [1.82, 2.24) is 15.5 Å². The second kappa shape index (κ2) is 6.99. The van der Waals surface area contributed by atoms with E-state index in [1.165, 1.54) is 12.3 Å². The summed E-state index contributed by atoms with van der Waals surface area (Å²) in [5.74, 6) is -0.750. The molecule has 1 aromatic carbocycles. The third kappa shape index (κ3) is 3.46. The Morgan fingerprint density at radius 3 is 2.90 bits per heavy atom. The third-order valence-corrected chi connectivity index (χ3v) is 3.33. The first kappa shape index (κ1) is 15.2. The summed E-state index contributed by atoms with van der Waals surface area (Å²) in [4.78, 5) is 12.3. The number of aliphatic hydroxyl groups is 1. The van der Waals surface area contributed by atoms with Gasteiger partial charge in [-0.1, -0.05) is 19.1 Å². The molecule has 5 nitrogen and oxygen atoms in total. The van der Waals surface area contributed by atoms with Gasteiger partial charge in [0, 0.05) is 18.2 Å². The van der Waals surface area contributed by atoms with Crippen LogP contribution in [0.3, 0.4) is 0 Å². The van der Waals surface area contributed by atoms with Gasteiger partial charge in [-0.3, -0.25) is 9.89 Å². The van der Waals surface area contributed by atoms with Crippen molar-refractivity contribution < 1.29 is 14.3 Å². The van der Waals surface area contributed by atoms with E-state index in [1.807, 2.05) is 6.92 Å². The average Bonchev–Trinajstić information content (AvgIpc) is 2.96. The van der Waals surface area contributed by atoms with Gasteiger partial charge < -0.3 is 10.4 Å². The van der Waals surface area contributed by atoms with E-state index in [9.17, 15) is 9.18 Å². The quantitative estimate of drug-likeness (QED) is 0.762. The first-order valence-electron chi connectivity index (χ1n) is 6.87. The summed E-state index contributed by atoms with van der Waals surface area (Å²) in [6.45, 7) is 1.93. The van der Waals surface area contributed by atoms with Crippen LogP contribution in [-0.2, 0) is 0 Å². The molecule has 0 radical (unpaired) electrons. The smallest absolute Gasteiger partial charge is 0.255 e. The molecule has 1 aromatic heterocycles. The second-order valence-electron chi connectivity index (χ2n) is 4.73. The fourth-order valence-corrected chi connectivity index (χ4v) is 2.12. The Kier molecular flexibility index (Phi) is 5.05. The first-order chi connectivity index (χ1) is 10.2. The molecule has 0 spiro atoms. The van der Waals surface area contributed by atoms with E-state index in [4.69, 9.17) is 5.11 Å². The Morgan fingerprint density at radius 2 is 2.24 bits per heavy atom. The van der Waals surface area contributed by atoms with Gasteiger partial charge in [-0.05, 0) is 25.0 Å². The van der Waals surface area contributed by atoms with E-state index in [0.29, 0.717) is 24.1 Å². The zero-order chi connectivity index (χ0) is 15.2. The van der Waals surface area contributed by atoms with Crippen molar-refractivity contribution in [3.05, 3.63) is 41.8 Å². The number of aromatic amines is 1. The number of hydrogen-bond acceptors (Lipinski definition) is 3. The van der Waals surface area contributed by atoms with Gasteiger partial charge in [-0.15, -0.1) is 0 Å². The van der Waals surface area contributed by atoms with Crippen molar-refractivity contribution in [2.24, 2.45) is 0 Å². The summed E-state index contributed by atoms with van der Waals surface area (Å²) in [6.07, 6.45) is 2.57. The van der Waals surface area contributed by atoms with Gasteiger partial charge in [0.1, 0.15) is 5.82 Å². The lowest BCUT2D eigenvalue weighted by molar-refractivity contribution is 0.0930. The number of carbonyl (C=O) groups is 1. The van der Waals surface area contributed by atoms with E-state index in [2.05, 4.69) is 15.5 Å². The Morgan fingerprint density at radius 1 is 1.48 bits per heavy atom. The summed E-state index contributed by atoms with van der Waals surface area (Å²) in [6, 6.07) is 6.08. The Balaban J connectivity index is 2.24. The number of halogens is 1. The van der Waals surface area contributed by atoms with Gasteiger partial charge >= 0.3 is 0 Å². The van der Waals surface area contributed by atoms with Gasteiger partial charge in [-0.25, -0.2) is 4.39 Å². The third-order valence-electron chi connectivity index (χ3n) is 3.33. The van der Waals surface area contributed by atoms with Gasteiger partial charge in [0.25, 0.3) is 5.91 Å². The standard InChI is InChI=1S/C15H18FN3O2/c1-2-10(7-8-20)18-15(21)12-9-17-19-14(12)11-5-3-4-6-13(11)16/h3-6,9-10,20H,2,7-8H2,1H3,(H,17,19)(H,18,21). The highest BCUT2D eigenvalue weighted by molar-refractivity contribution is 5.99. The second-order valence-corrected chi connectivity index (χ2v) is 4.73. The van der Waals surface area contributed by atoms with Crippen LogP contribution in [0.1, 0.15) is 30.1 Å². The van der Waals surface area contributed by atoms with Gasteiger partial charge in [0.15, 0.2) is 0 Å². The minimum atomic E-state index is -0.418. The van der Waals surface area contributed by atoms with Crippen LogP contribution in [0, 0.1) is 5.82 Å². The van der Waals surface area contributed by atoms with Crippen LogP contribution < -0.4 is 5.32 Å². The van der Waals surface area contributed by atoms with Crippen LogP contribution in [0.25, 0.3) is 11.3 Å². The van der Waals surface area contributed by atoms with Crippen LogP contribution in [-0.4, -0.2) is 33.9 Å². The number of hydrogen-bond donors (Lipinski definition) is 3. The van der Waals surface area contributed by atoms with E-state index in [-0.39, 0.29) is 24.1 Å². The lowest BCUT2D eigenvalue weighted by atomic mass is 10.1. The molecule has 1 amide bonds. The van der Waals surface area contributed by atoms with Crippen molar-refractivity contribution in [1.29, 1.82) is 0 Å². The lowest BCUT2D eigenvalue weighted by Gasteiger charge is -2.15. The van der Waals surface area contributed by atoms with E-state index in [1.54, 1.807) is 18.2 Å². The highest BCUT2D eigenvalue weighted by Crippen LogP contribution is 2.23. The largest absolute Gasteiger partial charge is 0.396 e. The Labute approximate surface area is 122 Å². The topological polar surface area (TPSA) is 78.0 Å². The number of rotatable bonds is 6. The highest BCUT2D eigenvalue weighted by Gasteiger charge is 2.19. The SMILES string of the molecule is CCC(CCO)NC(=O)c1cn[nH]c1-c1ccccc1F. The fourth-order valence-electron chi connectivity index (χ4n) is 2.12. The molecule has 2 rings (SSSR count).